The highest BCUT2D eigenvalue weighted by molar-refractivity contribution is 5.79. The van der Waals surface area contributed by atoms with Gasteiger partial charge >= 0.3 is 0 Å². The first kappa shape index (κ1) is 15.3. The molecule has 6 nitrogen and oxygen atoms in total. The molecule has 2 N–H and O–H groups in total. The Hall–Kier alpha value is -2.08. The van der Waals surface area contributed by atoms with Gasteiger partial charge in [-0.1, -0.05) is 12.1 Å². The van der Waals surface area contributed by atoms with Gasteiger partial charge in [0.25, 0.3) is 0 Å². The maximum Gasteiger partial charge on any atom is 0.231 e. The van der Waals surface area contributed by atoms with Crippen molar-refractivity contribution in [1.82, 2.24) is 9.80 Å². The summed E-state index contributed by atoms with van der Waals surface area (Å²) in [7, 11) is 1.62. The van der Waals surface area contributed by atoms with Crippen molar-refractivity contribution in [1.29, 1.82) is 0 Å². The predicted molar refractivity (Wildman–Crippen MR) is 78.9 cm³/mol. The van der Waals surface area contributed by atoms with E-state index in [2.05, 4.69) is 0 Å². The van der Waals surface area contributed by atoms with Crippen LogP contribution in [0.3, 0.4) is 0 Å². The largest absolute Gasteiger partial charge is 0.497 e. The molecule has 0 aromatic heterocycles. The molecule has 114 valence electrons. The molecule has 1 aliphatic rings. The third-order valence-corrected chi connectivity index (χ3v) is 3.62. The number of nitrogens with zero attached hydrogens (tertiary/aromatic N) is 2. The predicted octanol–water partition coefficient (Wildman–Crippen LogP) is -0.133. The van der Waals surface area contributed by atoms with Gasteiger partial charge in [-0.3, -0.25) is 14.5 Å². The molecular weight excluding hydrogens is 270 g/mol. The number of nitrogens with two attached hydrogens (primary N) is 1. The smallest absolute Gasteiger partial charge is 0.231 e. The number of benzene rings is 1. The van der Waals surface area contributed by atoms with Crippen molar-refractivity contribution in [3.8, 4) is 5.75 Å². The fourth-order valence-electron chi connectivity index (χ4n) is 2.41. The van der Waals surface area contributed by atoms with Crippen LogP contribution in [0.25, 0.3) is 0 Å². The van der Waals surface area contributed by atoms with E-state index >= 15 is 0 Å². The summed E-state index contributed by atoms with van der Waals surface area (Å²) < 4.78 is 5.10. The molecule has 1 saturated heterocycles. The van der Waals surface area contributed by atoms with Crippen LogP contribution in [0.15, 0.2) is 24.3 Å². The number of carbonyl (C=O) groups excluding carboxylic acids is 2. The third-order valence-electron chi connectivity index (χ3n) is 3.62. The lowest BCUT2D eigenvalue weighted by atomic mass is 10.1. The number of ether oxygens (including phenoxy) is 1. The molecule has 1 aromatic carbocycles. The van der Waals surface area contributed by atoms with E-state index in [0.29, 0.717) is 32.6 Å². The molecule has 1 fully saturated rings. The van der Waals surface area contributed by atoms with Crippen molar-refractivity contribution in [3.05, 3.63) is 29.8 Å². The molecule has 0 aliphatic carbocycles. The summed E-state index contributed by atoms with van der Waals surface area (Å²) in [6, 6.07) is 7.51. The molecule has 2 amide bonds. The van der Waals surface area contributed by atoms with Crippen LogP contribution in [0.1, 0.15) is 5.56 Å². The Morgan fingerprint density at radius 2 is 1.76 bits per heavy atom. The molecule has 2 rings (SSSR count). The molecule has 0 saturated carbocycles. The summed E-state index contributed by atoms with van der Waals surface area (Å²) >= 11 is 0. The van der Waals surface area contributed by atoms with Crippen LogP contribution in [0, 0.1) is 0 Å². The van der Waals surface area contributed by atoms with Gasteiger partial charge in [0.15, 0.2) is 0 Å². The third kappa shape index (κ3) is 4.46. The van der Waals surface area contributed by atoms with Crippen LogP contribution in [0.2, 0.25) is 0 Å². The summed E-state index contributed by atoms with van der Waals surface area (Å²) in [6.45, 7) is 2.93. The molecule has 0 unspecified atom stereocenters. The molecule has 0 atom stereocenters. The lowest BCUT2D eigenvalue weighted by Gasteiger charge is -2.34. The minimum atomic E-state index is -0.326. The fraction of sp³-hybridized carbons (Fsp3) is 0.467. The van der Waals surface area contributed by atoms with Crippen molar-refractivity contribution in [2.75, 3.05) is 39.8 Å². The van der Waals surface area contributed by atoms with Gasteiger partial charge in [-0.15, -0.1) is 0 Å². The van der Waals surface area contributed by atoms with Crippen molar-refractivity contribution >= 4 is 11.8 Å². The Labute approximate surface area is 124 Å². The number of primary amides is 1. The zero-order valence-electron chi connectivity index (χ0n) is 12.2. The van der Waals surface area contributed by atoms with E-state index < -0.39 is 0 Å². The highest BCUT2D eigenvalue weighted by atomic mass is 16.5. The van der Waals surface area contributed by atoms with Gasteiger partial charge in [0.1, 0.15) is 5.75 Å². The van der Waals surface area contributed by atoms with Gasteiger partial charge in [0, 0.05) is 26.2 Å². The zero-order valence-corrected chi connectivity index (χ0v) is 12.2. The summed E-state index contributed by atoms with van der Waals surface area (Å²) in [5.41, 5.74) is 6.14. The highest BCUT2D eigenvalue weighted by Crippen LogP contribution is 2.13. The van der Waals surface area contributed by atoms with Crippen LogP contribution in [0.4, 0.5) is 0 Å². The van der Waals surface area contributed by atoms with Crippen molar-refractivity contribution in [2.24, 2.45) is 5.73 Å². The van der Waals surface area contributed by atoms with E-state index in [-0.39, 0.29) is 18.4 Å². The topological polar surface area (TPSA) is 75.9 Å². The number of rotatable bonds is 5. The van der Waals surface area contributed by atoms with Crippen molar-refractivity contribution in [2.45, 2.75) is 6.42 Å². The van der Waals surface area contributed by atoms with E-state index in [1.54, 1.807) is 7.11 Å². The quantitative estimate of drug-likeness (QED) is 0.820. The maximum absolute atomic E-state index is 12.2. The minimum Gasteiger partial charge on any atom is -0.497 e. The highest BCUT2D eigenvalue weighted by Gasteiger charge is 2.21. The zero-order chi connectivity index (χ0) is 15.2. The van der Waals surface area contributed by atoms with Gasteiger partial charge in [0.2, 0.25) is 11.8 Å². The monoisotopic (exact) mass is 291 g/mol. The van der Waals surface area contributed by atoms with E-state index in [4.69, 9.17) is 10.5 Å². The first-order chi connectivity index (χ1) is 10.1. The standard InChI is InChI=1S/C15H21N3O3/c1-21-13-4-2-12(3-5-13)10-15(20)18-8-6-17(7-9-18)11-14(16)19/h2-5H,6-11H2,1H3,(H2,16,19). The molecule has 1 aliphatic heterocycles. The van der Waals surface area contributed by atoms with Gasteiger partial charge in [-0.2, -0.15) is 0 Å². The lowest BCUT2D eigenvalue weighted by Crippen LogP contribution is -2.50. The molecule has 0 spiro atoms. The fourth-order valence-corrected chi connectivity index (χ4v) is 2.41. The van der Waals surface area contributed by atoms with Crippen molar-refractivity contribution in [3.63, 3.8) is 0 Å². The summed E-state index contributed by atoms with van der Waals surface area (Å²) in [5, 5.41) is 0. The Kier molecular flexibility index (Phi) is 5.16. The lowest BCUT2D eigenvalue weighted by molar-refractivity contribution is -0.132. The molecule has 21 heavy (non-hydrogen) atoms. The van der Waals surface area contributed by atoms with Gasteiger partial charge in [-0.05, 0) is 17.7 Å². The second kappa shape index (κ2) is 7.08. The summed E-state index contributed by atoms with van der Waals surface area (Å²) in [4.78, 5) is 26.9. The Morgan fingerprint density at radius 3 is 2.29 bits per heavy atom. The van der Waals surface area contributed by atoms with E-state index in [0.717, 1.165) is 11.3 Å². The normalized spacial score (nSPS) is 15.8. The van der Waals surface area contributed by atoms with Gasteiger partial charge in [0.05, 0.1) is 20.1 Å². The van der Waals surface area contributed by atoms with Crippen LogP contribution < -0.4 is 10.5 Å². The van der Waals surface area contributed by atoms with Gasteiger partial charge in [-0.25, -0.2) is 0 Å². The average molecular weight is 291 g/mol. The Balaban J connectivity index is 1.82. The molecule has 1 heterocycles. The number of amides is 2. The molecule has 0 radical (unpaired) electrons. The summed E-state index contributed by atoms with van der Waals surface area (Å²) in [5.74, 6) is 0.568. The first-order valence-corrected chi connectivity index (χ1v) is 7.00. The van der Waals surface area contributed by atoms with Crippen LogP contribution >= 0.6 is 0 Å². The number of hydrogen-bond acceptors (Lipinski definition) is 4. The molecular formula is C15H21N3O3. The first-order valence-electron chi connectivity index (χ1n) is 7.00. The summed E-state index contributed by atoms with van der Waals surface area (Å²) in [6.07, 6.45) is 0.389. The Morgan fingerprint density at radius 1 is 1.14 bits per heavy atom. The molecule has 6 heteroatoms. The Bertz CT molecular complexity index is 493. The number of methoxy groups -OCH3 is 1. The number of carbonyl (C=O) groups is 2. The van der Waals surface area contributed by atoms with Crippen LogP contribution in [-0.4, -0.2) is 61.4 Å². The van der Waals surface area contributed by atoms with Gasteiger partial charge < -0.3 is 15.4 Å². The van der Waals surface area contributed by atoms with E-state index in [9.17, 15) is 9.59 Å². The SMILES string of the molecule is COc1ccc(CC(=O)N2CCN(CC(N)=O)CC2)cc1. The maximum atomic E-state index is 12.2. The van der Waals surface area contributed by atoms with E-state index in [1.165, 1.54) is 0 Å². The van der Waals surface area contributed by atoms with Crippen LogP contribution in [-0.2, 0) is 16.0 Å². The number of hydrogen-bond donors (Lipinski definition) is 1. The average Bonchev–Trinajstić information content (AvgIpc) is 2.48. The minimum absolute atomic E-state index is 0.110. The van der Waals surface area contributed by atoms with E-state index in [1.807, 2.05) is 34.1 Å². The molecule has 0 bridgehead atoms. The molecule has 1 aromatic rings. The number of piperazine rings is 1. The second-order valence-corrected chi connectivity index (χ2v) is 5.15. The van der Waals surface area contributed by atoms with Crippen LogP contribution in [0.5, 0.6) is 5.75 Å². The second-order valence-electron chi connectivity index (χ2n) is 5.15. The van der Waals surface area contributed by atoms with Crippen molar-refractivity contribution < 1.29 is 14.3 Å².